The molecule has 0 aliphatic rings. The fourth-order valence-electron chi connectivity index (χ4n) is 3.22. The van der Waals surface area contributed by atoms with E-state index in [1.807, 2.05) is 72.9 Å². The maximum atomic E-state index is 11.7. The Hall–Kier alpha value is -3.31. The SMILES string of the molecule is O=C(O)[C@H](Cc1c[nH]c2ccccc12)NCc1ccc(-c2ccccc2)o1. The molecule has 0 bridgehead atoms. The molecule has 4 rings (SSSR count). The molecule has 1 atom stereocenters. The lowest BCUT2D eigenvalue weighted by molar-refractivity contribution is -0.139. The Bertz CT molecular complexity index is 1050. The summed E-state index contributed by atoms with van der Waals surface area (Å²) < 4.78 is 5.84. The van der Waals surface area contributed by atoms with Crippen molar-refractivity contribution < 1.29 is 14.3 Å². The predicted octanol–water partition coefficient (Wildman–Crippen LogP) is 4.21. The quantitative estimate of drug-likeness (QED) is 0.461. The molecule has 2 heterocycles. The van der Waals surface area contributed by atoms with Crippen molar-refractivity contribution in [2.75, 3.05) is 0 Å². The molecule has 0 fully saturated rings. The number of aromatic nitrogens is 1. The van der Waals surface area contributed by atoms with E-state index in [9.17, 15) is 9.90 Å². The normalized spacial score (nSPS) is 12.3. The number of hydrogen-bond acceptors (Lipinski definition) is 3. The molecule has 3 N–H and O–H groups in total. The molecule has 0 unspecified atom stereocenters. The molecule has 2 aromatic carbocycles. The minimum atomic E-state index is -0.880. The molecular weight excluding hydrogens is 340 g/mol. The van der Waals surface area contributed by atoms with E-state index >= 15 is 0 Å². The van der Waals surface area contributed by atoms with Gasteiger partial charge in [0.1, 0.15) is 17.6 Å². The number of aliphatic carboxylic acids is 1. The first kappa shape index (κ1) is 17.1. The summed E-state index contributed by atoms with van der Waals surface area (Å²) in [6.45, 7) is 0.353. The van der Waals surface area contributed by atoms with Crippen molar-refractivity contribution in [3.63, 3.8) is 0 Å². The zero-order chi connectivity index (χ0) is 18.6. The molecule has 0 radical (unpaired) electrons. The van der Waals surface area contributed by atoms with Crippen LogP contribution in [0.25, 0.3) is 22.2 Å². The highest BCUT2D eigenvalue weighted by Gasteiger charge is 2.19. The molecule has 2 aromatic heterocycles. The second kappa shape index (κ2) is 7.51. The van der Waals surface area contributed by atoms with Gasteiger partial charge in [0.25, 0.3) is 0 Å². The number of fused-ring (bicyclic) bond motifs is 1. The van der Waals surface area contributed by atoms with Crippen LogP contribution in [0.15, 0.2) is 77.3 Å². The van der Waals surface area contributed by atoms with Crippen LogP contribution in [0.1, 0.15) is 11.3 Å². The summed E-state index contributed by atoms with van der Waals surface area (Å²) in [4.78, 5) is 14.9. The first-order valence-corrected chi connectivity index (χ1v) is 8.86. The zero-order valence-corrected chi connectivity index (χ0v) is 14.7. The maximum Gasteiger partial charge on any atom is 0.321 e. The lowest BCUT2D eigenvalue weighted by Crippen LogP contribution is -2.37. The van der Waals surface area contributed by atoms with Gasteiger partial charge in [-0.25, -0.2) is 0 Å². The lowest BCUT2D eigenvalue weighted by atomic mass is 10.0. The Kier molecular flexibility index (Phi) is 4.77. The van der Waals surface area contributed by atoms with Gasteiger partial charge in [-0.2, -0.15) is 0 Å². The van der Waals surface area contributed by atoms with Gasteiger partial charge < -0.3 is 14.5 Å². The van der Waals surface area contributed by atoms with Crippen LogP contribution >= 0.6 is 0 Å². The molecule has 136 valence electrons. The summed E-state index contributed by atoms with van der Waals surface area (Å²) >= 11 is 0. The topological polar surface area (TPSA) is 78.3 Å². The number of hydrogen-bond donors (Lipinski definition) is 3. The summed E-state index contributed by atoms with van der Waals surface area (Å²) in [5, 5.41) is 13.7. The maximum absolute atomic E-state index is 11.7. The monoisotopic (exact) mass is 360 g/mol. The van der Waals surface area contributed by atoms with E-state index in [2.05, 4.69) is 10.3 Å². The van der Waals surface area contributed by atoms with E-state index in [-0.39, 0.29) is 0 Å². The number of para-hydroxylation sites is 1. The molecule has 4 aromatic rings. The first-order valence-electron chi connectivity index (χ1n) is 8.86. The molecule has 5 heteroatoms. The third-order valence-electron chi connectivity index (χ3n) is 4.64. The highest BCUT2D eigenvalue weighted by molar-refractivity contribution is 5.84. The summed E-state index contributed by atoms with van der Waals surface area (Å²) in [7, 11) is 0. The summed E-state index contributed by atoms with van der Waals surface area (Å²) in [5.74, 6) is 0.602. The van der Waals surface area contributed by atoms with Gasteiger partial charge in [0, 0.05) is 29.1 Å². The average Bonchev–Trinajstić information content (AvgIpc) is 3.33. The van der Waals surface area contributed by atoms with Crippen LogP contribution in [0.2, 0.25) is 0 Å². The Morgan fingerprint density at radius 2 is 1.81 bits per heavy atom. The molecule has 0 aliphatic carbocycles. The van der Waals surface area contributed by atoms with E-state index in [0.717, 1.165) is 27.8 Å². The molecule has 0 amide bonds. The van der Waals surface area contributed by atoms with Crippen LogP contribution in [0, 0.1) is 0 Å². The van der Waals surface area contributed by atoms with Crippen LogP contribution in [0.3, 0.4) is 0 Å². The number of H-pyrrole nitrogens is 1. The minimum Gasteiger partial charge on any atom is -0.480 e. The van der Waals surface area contributed by atoms with Crippen LogP contribution in [-0.2, 0) is 17.8 Å². The van der Waals surface area contributed by atoms with Crippen molar-refractivity contribution in [2.24, 2.45) is 0 Å². The number of carboxylic acids is 1. The molecule has 0 saturated carbocycles. The van der Waals surface area contributed by atoms with Gasteiger partial charge in [0.2, 0.25) is 0 Å². The molecule has 0 spiro atoms. The minimum absolute atomic E-state index is 0.353. The van der Waals surface area contributed by atoms with Gasteiger partial charge in [-0.3, -0.25) is 10.1 Å². The molecule has 27 heavy (non-hydrogen) atoms. The number of rotatable bonds is 7. The average molecular weight is 360 g/mol. The number of aromatic amines is 1. The summed E-state index contributed by atoms with van der Waals surface area (Å²) in [6.07, 6.45) is 2.27. The van der Waals surface area contributed by atoms with E-state index in [1.165, 1.54) is 0 Å². The van der Waals surface area contributed by atoms with Gasteiger partial charge in [-0.1, -0.05) is 48.5 Å². The Labute approximate surface area is 156 Å². The second-order valence-corrected chi connectivity index (χ2v) is 6.47. The van der Waals surface area contributed by atoms with Crippen molar-refractivity contribution in [3.05, 3.63) is 84.3 Å². The molecule has 0 aliphatic heterocycles. The largest absolute Gasteiger partial charge is 0.480 e. The number of carboxylic acid groups (broad SMARTS) is 1. The Balaban J connectivity index is 1.45. The smallest absolute Gasteiger partial charge is 0.321 e. The number of benzene rings is 2. The highest BCUT2D eigenvalue weighted by Crippen LogP contribution is 2.22. The van der Waals surface area contributed by atoms with Gasteiger partial charge in [0.15, 0.2) is 0 Å². The van der Waals surface area contributed by atoms with Crippen molar-refractivity contribution in [3.8, 4) is 11.3 Å². The van der Waals surface area contributed by atoms with Crippen molar-refractivity contribution in [1.29, 1.82) is 0 Å². The summed E-state index contributed by atoms with van der Waals surface area (Å²) in [6, 6.07) is 20.8. The van der Waals surface area contributed by atoms with Crippen LogP contribution < -0.4 is 5.32 Å². The summed E-state index contributed by atoms with van der Waals surface area (Å²) in [5.41, 5.74) is 2.99. The van der Waals surface area contributed by atoms with Crippen LogP contribution in [0.4, 0.5) is 0 Å². The van der Waals surface area contributed by atoms with Crippen molar-refractivity contribution in [2.45, 2.75) is 19.0 Å². The molecule has 5 nitrogen and oxygen atoms in total. The highest BCUT2D eigenvalue weighted by atomic mass is 16.4. The first-order chi connectivity index (χ1) is 13.2. The van der Waals surface area contributed by atoms with E-state index in [4.69, 9.17) is 4.42 Å². The lowest BCUT2D eigenvalue weighted by Gasteiger charge is -2.13. The third-order valence-corrected chi connectivity index (χ3v) is 4.64. The van der Waals surface area contributed by atoms with Gasteiger partial charge in [-0.15, -0.1) is 0 Å². The standard InChI is InChI=1S/C22H20N2O3/c25-22(26)20(12-16-13-23-19-9-5-4-8-18(16)19)24-14-17-10-11-21(27-17)15-6-2-1-3-7-15/h1-11,13,20,23-24H,12,14H2,(H,25,26)/t20-/m0/s1. The van der Waals surface area contributed by atoms with Crippen LogP contribution in [-0.4, -0.2) is 22.1 Å². The predicted molar refractivity (Wildman–Crippen MR) is 104 cm³/mol. The third kappa shape index (κ3) is 3.78. The second-order valence-electron chi connectivity index (χ2n) is 6.47. The fraction of sp³-hybridized carbons (Fsp3) is 0.136. The van der Waals surface area contributed by atoms with Gasteiger partial charge >= 0.3 is 5.97 Å². The van der Waals surface area contributed by atoms with Crippen LogP contribution in [0.5, 0.6) is 0 Å². The van der Waals surface area contributed by atoms with Crippen molar-refractivity contribution >= 4 is 16.9 Å². The zero-order valence-electron chi connectivity index (χ0n) is 14.7. The number of nitrogens with one attached hydrogen (secondary N) is 2. The van der Waals surface area contributed by atoms with E-state index < -0.39 is 12.0 Å². The van der Waals surface area contributed by atoms with E-state index in [0.29, 0.717) is 18.7 Å². The number of furan rings is 1. The Morgan fingerprint density at radius 3 is 2.63 bits per heavy atom. The van der Waals surface area contributed by atoms with Crippen molar-refractivity contribution in [1.82, 2.24) is 10.3 Å². The van der Waals surface area contributed by atoms with Gasteiger partial charge in [-0.05, 0) is 23.8 Å². The Morgan fingerprint density at radius 1 is 1.04 bits per heavy atom. The fourth-order valence-corrected chi connectivity index (χ4v) is 3.22. The number of carbonyl (C=O) groups is 1. The molecular formula is C22H20N2O3. The van der Waals surface area contributed by atoms with E-state index in [1.54, 1.807) is 0 Å². The van der Waals surface area contributed by atoms with Gasteiger partial charge in [0.05, 0.1) is 6.54 Å². The molecule has 0 saturated heterocycles.